The number of unbranched alkanes of at least 4 members (excludes halogenated alkanes) is 1. The van der Waals surface area contributed by atoms with Gasteiger partial charge in [0.2, 0.25) is 7.37 Å². The van der Waals surface area contributed by atoms with Gasteiger partial charge < -0.3 is 10.00 Å². The van der Waals surface area contributed by atoms with E-state index >= 15 is 0 Å². The van der Waals surface area contributed by atoms with Crippen molar-refractivity contribution < 1.29 is 19.4 Å². The van der Waals surface area contributed by atoms with Crippen LogP contribution in [-0.2, 0) is 15.8 Å². The molecule has 0 saturated carbocycles. The smallest absolute Gasteiger partial charge is 0.303 e. The molecule has 0 heterocycles. The number of rotatable bonds is 8. The van der Waals surface area contributed by atoms with Crippen LogP contribution in [0.5, 0.6) is 0 Å². The molecule has 4 nitrogen and oxygen atoms in total. The SMILES string of the molecule is CCC/C=C/Cc1ccc(P(=O)(O)CCC(=O)O)cc1. The van der Waals surface area contributed by atoms with Crippen molar-refractivity contribution in [2.45, 2.75) is 32.6 Å². The number of hydrogen-bond donors (Lipinski definition) is 2. The number of carboxylic acid groups (broad SMARTS) is 1. The van der Waals surface area contributed by atoms with Gasteiger partial charge in [-0.25, -0.2) is 0 Å². The van der Waals surface area contributed by atoms with Gasteiger partial charge in [-0.15, -0.1) is 0 Å². The van der Waals surface area contributed by atoms with Crippen molar-refractivity contribution in [2.75, 3.05) is 6.16 Å². The van der Waals surface area contributed by atoms with E-state index in [-0.39, 0.29) is 12.6 Å². The standard InChI is InChI=1S/C15H21O4P/c1-2-3-4-5-6-13-7-9-14(10-8-13)20(18,19)12-11-15(16)17/h4-5,7-10H,2-3,6,11-12H2,1H3,(H,16,17)(H,18,19)/b5-4+. The Balaban J connectivity index is 2.65. The molecule has 0 aliphatic rings. The lowest BCUT2D eigenvalue weighted by atomic mass is 10.1. The fourth-order valence-corrected chi connectivity index (χ4v) is 3.11. The Morgan fingerprint density at radius 3 is 2.45 bits per heavy atom. The minimum Gasteiger partial charge on any atom is -0.481 e. The van der Waals surface area contributed by atoms with Crippen LogP contribution in [0.25, 0.3) is 0 Å². The maximum atomic E-state index is 12.0. The first-order chi connectivity index (χ1) is 9.45. The molecule has 0 aliphatic heterocycles. The van der Waals surface area contributed by atoms with Gasteiger partial charge in [0.1, 0.15) is 0 Å². The van der Waals surface area contributed by atoms with Crippen molar-refractivity contribution >= 4 is 18.6 Å². The molecule has 0 amide bonds. The second-order valence-corrected chi connectivity index (χ2v) is 7.07. The first kappa shape index (κ1) is 16.7. The summed E-state index contributed by atoms with van der Waals surface area (Å²) in [4.78, 5) is 20.3. The van der Waals surface area contributed by atoms with Crippen LogP contribution >= 0.6 is 7.37 Å². The van der Waals surface area contributed by atoms with Gasteiger partial charge in [0.15, 0.2) is 0 Å². The molecular weight excluding hydrogens is 275 g/mol. The van der Waals surface area contributed by atoms with Gasteiger partial charge in [-0.1, -0.05) is 37.6 Å². The summed E-state index contributed by atoms with van der Waals surface area (Å²) in [7, 11) is -3.55. The van der Waals surface area contributed by atoms with Crippen LogP contribution < -0.4 is 5.30 Å². The highest BCUT2D eigenvalue weighted by atomic mass is 31.2. The van der Waals surface area contributed by atoms with Crippen LogP contribution in [0.4, 0.5) is 0 Å². The molecule has 0 radical (unpaired) electrons. The lowest BCUT2D eigenvalue weighted by Crippen LogP contribution is -2.10. The summed E-state index contributed by atoms with van der Waals surface area (Å²) in [5.41, 5.74) is 1.07. The van der Waals surface area contributed by atoms with E-state index in [1.54, 1.807) is 12.1 Å². The van der Waals surface area contributed by atoms with Crippen molar-refractivity contribution in [1.29, 1.82) is 0 Å². The van der Waals surface area contributed by atoms with Gasteiger partial charge in [-0.05, 0) is 30.5 Å². The molecule has 1 rings (SSSR count). The number of carbonyl (C=O) groups is 1. The van der Waals surface area contributed by atoms with E-state index in [2.05, 4.69) is 19.1 Å². The van der Waals surface area contributed by atoms with E-state index in [4.69, 9.17) is 5.11 Å². The number of carboxylic acids is 1. The summed E-state index contributed by atoms with van der Waals surface area (Å²) < 4.78 is 12.0. The number of benzene rings is 1. The van der Waals surface area contributed by atoms with Crippen LogP contribution in [0.1, 0.15) is 31.7 Å². The third-order valence-electron chi connectivity index (χ3n) is 2.94. The molecule has 5 heteroatoms. The van der Waals surface area contributed by atoms with Crippen LogP contribution in [-0.4, -0.2) is 22.1 Å². The molecule has 2 N–H and O–H groups in total. The zero-order valence-corrected chi connectivity index (χ0v) is 12.6. The highest BCUT2D eigenvalue weighted by molar-refractivity contribution is 7.66. The van der Waals surface area contributed by atoms with Crippen LogP contribution in [0, 0.1) is 0 Å². The first-order valence-corrected chi connectivity index (χ1v) is 8.58. The highest BCUT2D eigenvalue weighted by Gasteiger charge is 2.22. The maximum absolute atomic E-state index is 12.0. The Bertz CT molecular complexity index is 505. The second-order valence-electron chi connectivity index (χ2n) is 4.70. The largest absolute Gasteiger partial charge is 0.481 e. The molecule has 1 aromatic carbocycles. The van der Waals surface area contributed by atoms with Gasteiger partial charge in [0, 0.05) is 11.5 Å². The third kappa shape index (κ3) is 5.72. The van der Waals surface area contributed by atoms with Gasteiger partial charge in [0.05, 0.1) is 6.42 Å². The van der Waals surface area contributed by atoms with Gasteiger partial charge >= 0.3 is 5.97 Å². The predicted molar refractivity (Wildman–Crippen MR) is 80.8 cm³/mol. The normalized spacial score (nSPS) is 14.3. The van der Waals surface area contributed by atoms with E-state index in [1.165, 1.54) is 0 Å². The Morgan fingerprint density at radius 1 is 1.25 bits per heavy atom. The molecule has 0 fully saturated rings. The topological polar surface area (TPSA) is 74.6 Å². The minimum atomic E-state index is -3.55. The highest BCUT2D eigenvalue weighted by Crippen LogP contribution is 2.39. The average molecular weight is 296 g/mol. The summed E-state index contributed by atoms with van der Waals surface area (Å²) in [6, 6.07) is 6.86. The Labute approximate surface area is 119 Å². The molecule has 0 saturated heterocycles. The van der Waals surface area contributed by atoms with Crippen molar-refractivity contribution in [3.05, 3.63) is 42.0 Å². The lowest BCUT2D eigenvalue weighted by molar-refractivity contribution is -0.136. The van der Waals surface area contributed by atoms with Crippen LogP contribution in [0.2, 0.25) is 0 Å². The maximum Gasteiger partial charge on any atom is 0.303 e. The predicted octanol–water partition coefficient (Wildman–Crippen LogP) is 2.96. The first-order valence-electron chi connectivity index (χ1n) is 6.74. The molecule has 110 valence electrons. The number of allylic oxidation sites excluding steroid dienone is 2. The van der Waals surface area contributed by atoms with Crippen molar-refractivity contribution in [1.82, 2.24) is 0 Å². The van der Waals surface area contributed by atoms with E-state index in [9.17, 15) is 14.3 Å². The van der Waals surface area contributed by atoms with E-state index in [0.29, 0.717) is 5.30 Å². The second kappa shape index (κ2) is 8.03. The van der Waals surface area contributed by atoms with Gasteiger partial charge in [0.25, 0.3) is 0 Å². The molecule has 0 bridgehead atoms. The number of hydrogen-bond acceptors (Lipinski definition) is 2. The van der Waals surface area contributed by atoms with Crippen molar-refractivity contribution in [2.24, 2.45) is 0 Å². The molecule has 0 spiro atoms. The summed E-state index contributed by atoms with van der Waals surface area (Å²) in [5.74, 6) is -1.06. The van der Waals surface area contributed by atoms with Gasteiger partial charge in [-0.3, -0.25) is 9.36 Å². The third-order valence-corrected chi connectivity index (χ3v) is 4.88. The lowest BCUT2D eigenvalue weighted by Gasteiger charge is -2.10. The van der Waals surface area contributed by atoms with Crippen molar-refractivity contribution in [3.8, 4) is 0 Å². The molecule has 1 aromatic rings. The molecule has 1 unspecified atom stereocenters. The zero-order chi connectivity index (χ0) is 15.0. The summed E-state index contributed by atoms with van der Waals surface area (Å²) in [5, 5.41) is 8.89. The van der Waals surface area contributed by atoms with Crippen LogP contribution in [0.15, 0.2) is 36.4 Å². The Hall–Kier alpha value is -1.38. The zero-order valence-electron chi connectivity index (χ0n) is 11.7. The molecule has 0 aromatic heterocycles. The Kier molecular flexibility index (Phi) is 6.69. The minimum absolute atomic E-state index is 0.224. The summed E-state index contributed by atoms with van der Waals surface area (Å²) >= 11 is 0. The number of aliphatic carboxylic acids is 1. The average Bonchev–Trinajstić information content (AvgIpc) is 2.42. The van der Waals surface area contributed by atoms with Crippen molar-refractivity contribution in [3.63, 3.8) is 0 Å². The fraction of sp³-hybridized carbons (Fsp3) is 0.400. The molecule has 0 aliphatic carbocycles. The monoisotopic (exact) mass is 296 g/mol. The van der Waals surface area contributed by atoms with E-state index in [0.717, 1.165) is 24.8 Å². The molecular formula is C15H21O4P. The van der Waals surface area contributed by atoms with E-state index < -0.39 is 13.3 Å². The van der Waals surface area contributed by atoms with Gasteiger partial charge in [-0.2, -0.15) is 0 Å². The molecule has 1 atom stereocenters. The Morgan fingerprint density at radius 2 is 1.90 bits per heavy atom. The van der Waals surface area contributed by atoms with Crippen LogP contribution in [0.3, 0.4) is 0 Å². The van der Waals surface area contributed by atoms with E-state index in [1.807, 2.05) is 12.1 Å². The summed E-state index contributed by atoms with van der Waals surface area (Å²) in [6.07, 6.45) is 6.66. The molecule has 20 heavy (non-hydrogen) atoms. The fourth-order valence-electron chi connectivity index (χ4n) is 1.75. The quantitative estimate of drug-likeness (QED) is 0.571. The summed E-state index contributed by atoms with van der Waals surface area (Å²) in [6.45, 7) is 2.12.